The maximum Gasteiger partial charge on any atom is 0.228 e. The summed E-state index contributed by atoms with van der Waals surface area (Å²) in [6, 6.07) is 7.20. The third-order valence-corrected chi connectivity index (χ3v) is 2.65. The SMILES string of the molecule is Cn1cc(CC(=O)Nc2ccc(OCCN)cc2)cn1. The van der Waals surface area contributed by atoms with Gasteiger partial charge in [-0.2, -0.15) is 5.10 Å². The highest BCUT2D eigenvalue weighted by Gasteiger charge is 2.05. The van der Waals surface area contributed by atoms with Gasteiger partial charge in [-0.3, -0.25) is 9.48 Å². The number of aromatic nitrogens is 2. The minimum atomic E-state index is -0.0753. The third kappa shape index (κ3) is 4.10. The Labute approximate surface area is 117 Å². The summed E-state index contributed by atoms with van der Waals surface area (Å²) in [6.07, 6.45) is 3.81. The van der Waals surface area contributed by atoms with Crippen LogP contribution in [0.5, 0.6) is 5.75 Å². The van der Waals surface area contributed by atoms with Gasteiger partial charge in [-0.15, -0.1) is 0 Å². The first-order valence-corrected chi connectivity index (χ1v) is 6.37. The number of aryl methyl sites for hydroxylation is 1. The monoisotopic (exact) mass is 274 g/mol. The highest BCUT2D eigenvalue weighted by Crippen LogP contribution is 2.15. The molecule has 0 aliphatic carbocycles. The van der Waals surface area contributed by atoms with Crippen molar-refractivity contribution >= 4 is 11.6 Å². The minimum Gasteiger partial charge on any atom is -0.492 e. The largest absolute Gasteiger partial charge is 0.492 e. The second-order valence-electron chi connectivity index (χ2n) is 4.41. The van der Waals surface area contributed by atoms with Gasteiger partial charge in [0.25, 0.3) is 0 Å². The number of hydrogen-bond donors (Lipinski definition) is 2. The van der Waals surface area contributed by atoms with Crippen LogP contribution in [0.15, 0.2) is 36.7 Å². The van der Waals surface area contributed by atoms with E-state index in [-0.39, 0.29) is 5.91 Å². The lowest BCUT2D eigenvalue weighted by molar-refractivity contribution is -0.115. The van der Waals surface area contributed by atoms with Crippen LogP contribution in [0.1, 0.15) is 5.56 Å². The van der Waals surface area contributed by atoms with Gasteiger partial charge in [-0.25, -0.2) is 0 Å². The molecule has 0 fully saturated rings. The Hall–Kier alpha value is -2.34. The lowest BCUT2D eigenvalue weighted by Gasteiger charge is -2.07. The summed E-state index contributed by atoms with van der Waals surface area (Å²) in [5.41, 5.74) is 6.98. The maximum absolute atomic E-state index is 11.9. The molecule has 1 heterocycles. The van der Waals surface area contributed by atoms with Crippen molar-refractivity contribution in [3.63, 3.8) is 0 Å². The molecule has 20 heavy (non-hydrogen) atoms. The number of benzene rings is 1. The van der Waals surface area contributed by atoms with Crippen LogP contribution in [0.4, 0.5) is 5.69 Å². The summed E-state index contributed by atoms with van der Waals surface area (Å²) in [4.78, 5) is 11.9. The van der Waals surface area contributed by atoms with Crippen LogP contribution in [0.25, 0.3) is 0 Å². The molecule has 0 spiro atoms. The van der Waals surface area contributed by atoms with E-state index in [4.69, 9.17) is 10.5 Å². The molecule has 2 aromatic rings. The average Bonchev–Trinajstić information content (AvgIpc) is 2.83. The lowest BCUT2D eigenvalue weighted by Crippen LogP contribution is -2.14. The van der Waals surface area contributed by atoms with Crippen molar-refractivity contribution in [2.75, 3.05) is 18.5 Å². The van der Waals surface area contributed by atoms with E-state index in [1.165, 1.54) is 0 Å². The van der Waals surface area contributed by atoms with Gasteiger partial charge in [0.1, 0.15) is 12.4 Å². The number of carbonyl (C=O) groups excluding carboxylic acids is 1. The second-order valence-corrected chi connectivity index (χ2v) is 4.41. The fraction of sp³-hybridized carbons (Fsp3) is 0.286. The average molecular weight is 274 g/mol. The minimum absolute atomic E-state index is 0.0753. The number of ether oxygens (including phenoxy) is 1. The van der Waals surface area contributed by atoms with Crippen LogP contribution in [-0.2, 0) is 18.3 Å². The summed E-state index contributed by atoms with van der Waals surface area (Å²) >= 11 is 0. The van der Waals surface area contributed by atoms with E-state index in [0.717, 1.165) is 17.0 Å². The van der Waals surface area contributed by atoms with Crippen molar-refractivity contribution in [1.29, 1.82) is 0 Å². The summed E-state index contributed by atoms with van der Waals surface area (Å²) in [5, 5.41) is 6.85. The number of carbonyl (C=O) groups is 1. The Balaban J connectivity index is 1.87. The molecular weight excluding hydrogens is 256 g/mol. The molecule has 0 aliphatic rings. The molecule has 2 rings (SSSR count). The van der Waals surface area contributed by atoms with Crippen molar-refractivity contribution in [1.82, 2.24) is 9.78 Å². The molecule has 1 aromatic carbocycles. The molecule has 0 atom stereocenters. The number of rotatable bonds is 6. The molecule has 0 saturated heterocycles. The predicted octanol–water partition coefficient (Wildman–Crippen LogP) is 0.939. The zero-order chi connectivity index (χ0) is 14.4. The zero-order valence-corrected chi connectivity index (χ0v) is 11.4. The quantitative estimate of drug-likeness (QED) is 0.821. The van der Waals surface area contributed by atoms with E-state index < -0.39 is 0 Å². The van der Waals surface area contributed by atoms with E-state index in [9.17, 15) is 4.79 Å². The van der Waals surface area contributed by atoms with Gasteiger partial charge >= 0.3 is 0 Å². The van der Waals surface area contributed by atoms with E-state index in [2.05, 4.69) is 10.4 Å². The van der Waals surface area contributed by atoms with Crippen LogP contribution < -0.4 is 15.8 Å². The number of nitrogens with one attached hydrogen (secondary N) is 1. The zero-order valence-electron chi connectivity index (χ0n) is 11.4. The molecule has 6 heteroatoms. The van der Waals surface area contributed by atoms with Crippen molar-refractivity contribution in [3.8, 4) is 5.75 Å². The lowest BCUT2D eigenvalue weighted by atomic mass is 10.2. The van der Waals surface area contributed by atoms with Crippen molar-refractivity contribution in [3.05, 3.63) is 42.2 Å². The van der Waals surface area contributed by atoms with Crippen molar-refractivity contribution < 1.29 is 9.53 Å². The van der Waals surface area contributed by atoms with Gasteiger partial charge in [0.05, 0.1) is 12.6 Å². The van der Waals surface area contributed by atoms with Crippen LogP contribution >= 0.6 is 0 Å². The molecule has 6 nitrogen and oxygen atoms in total. The molecule has 0 saturated carbocycles. The second kappa shape index (κ2) is 6.72. The Morgan fingerprint density at radius 2 is 2.15 bits per heavy atom. The first-order valence-electron chi connectivity index (χ1n) is 6.37. The van der Waals surface area contributed by atoms with Crippen LogP contribution in [0.2, 0.25) is 0 Å². The number of hydrogen-bond acceptors (Lipinski definition) is 4. The third-order valence-electron chi connectivity index (χ3n) is 2.65. The van der Waals surface area contributed by atoms with Gasteiger partial charge < -0.3 is 15.8 Å². The molecule has 0 aliphatic heterocycles. The first kappa shape index (κ1) is 14.1. The molecule has 106 valence electrons. The van der Waals surface area contributed by atoms with E-state index in [0.29, 0.717) is 19.6 Å². The van der Waals surface area contributed by atoms with E-state index >= 15 is 0 Å². The standard InChI is InChI=1S/C14H18N4O2/c1-18-10-11(9-16-18)8-14(19)17-12-2-4-13(5-3-12)20-7-6-15/h2-5,9-10H,6-8,15H2,1H3,(H,17,19). The maximum atomic E-state index is 11.9. The fourth-order valence-electron chi connectivity index (χ4n) is 1.77. The smallest absolute Gasteiger partial charge is 0.228 e. The molecule has 1 aromatic heterocycles. The van der Waals surface area contributed by atoms with E-state index in [1.54, 1.807) is 35.1 Å². The highest BCUT2D eigenvalue weighted by molar-refractivity contribution is 5.92. The highest BCUT2D eigenvalue weighted by atomic mass is 16.5. The van der Waals surface area contributed by atoms with Crippen LogP contribution in [-0.4, -0.2) is 28.8 Å². The number of amides is 1. The Bertz CT molecular complexity index is 563. The molecule has 1 amide bonds. The predicted molar refractivity (Wildman–Crippen MR) is 76.5 cm³/mol. The molecule has 0 radical (unpaired) electrons. The summed E-state index contributed by atoms with van der Waals surface area (Å²) in [6.45, 7) is 0.955. The Morgan fingerprint density at radius 1 is 1.40 bits per heavy atom. The van der Waals surface area contributed by atoms with Crippen LogP contribution in [0.3, 0.4) is 0 Å². The summed E-state index contributed by atoms with van der Waals surface area (Å²) in [5.74, 6) is 0.661. The van der Waals surface area contributed by atoms with Gasteiger partial charge in [0, 0.05) is 25.5 Å². The summed E-state index contributed by atoms with van der Waals surface area (Å²) in [7, 11) is 1.82. The number of nitrogens with two attached hydrogens (primary N) is 1. The Morgan fingerprint density at radius 3 is 2.75 bits per heavy atom. The van der Waals surface area contributed by atoms with Gasteiger partial charge in [-0.05, 0) is 29.8 Å². The van der Waals surface area contributed by atoms with Crippen LogP contribution in [0, 0.1) is 0 Å². The van der Waals surface area contributed by atoms with Crippen molar-refractivity contribution in [2.24, 2.45) is 12.8 Å². The Kier molecular flexibility index (Phi) is 4.73. The molecule has 0 bridgehead atoms. The van der Waals surface area contributed by atoms with Gasteiger partial charge in [-0.1, -0.05) is 0 Å². The molecular formula is C14H18N4O2. The van der Waals surface area contributed by atoms with Crippen molar-refractivity contribution in [2.45, 2.75) is 6.42 Å². The topological polar surface area (TPSA) is 82.2 Å². The summed E-state index contributed by atoms with van der Waals surface area (Å²) < 4.78 is 7.04. The number of nitrogens with zero attached hydrogens (tertiary/aromatic N) is 2. The molecule has 0 unspecified atom stereocenters. The van der Waals surface area contributed by atoms with Gasteiger partial charge in [0.2, 0.25) is 5.91 Å². The molecule has 3 N–H and O–H groups in total. The first-order chi connectivity index (χ1) is 9.67. The normalized spacial score (nSPS) is 10.3. The van der Waals surface area contributed by atoms with E-state index in [1.807, 2.05) is 13.2 Å². The fourth-order valence-corrected chi connectivity index (χ4v) is 1.77. The number of anilines is 1. The van der Waals surface area contributed by atoms with Gasteiger partial charge in [0.15, 0.2) is 0 Å².